The van der Waals surface area contributed by atoms with E-state index in [0.717, 1.165) is 17.7 Å². The number of rotatable bonds is 4. The number of ketones is 1. The Kier molecular flexibility index (Phi) is 3.67. The van der Waals surface area contributed by atoms with Gasteiger partial charge in [-0.1, -0.05) is 13.8 Å². The van der Waals surface area contributed by atoms with E-state index in [1.165, 1.54) is 4.88 Å². The highest BCUT2D eigenvalue weighted by Crippen LogP contribution is 2.21. The lowest BCUT2D eigenvalue weighted by Crippen LogP contribution is -2.11. The fourth-order valence-electron chi connectivity index (χ4n) is 1.43. The predicted octanol–water partition coefficient (Wildman–Crippen LogP) is 3.68. The molecule has 0 spiro atoms. The van der Waals surface area contributed by atoms with Crippen molar-refractivity contribution in [2.45, 2.75) is 33.6 Å². The Balaban J connectivity index is 2.78. The minimum absolute atomic E-state index is 0.220. The molecule has 1 aromatic rings. The van der Waals surface area contributed by atoms with Gasteiger partial charge < -0.3 is 0 Å². The van der Waals surface area contributed by atoms with Gasteiger partial charge in [0.15, 0.2) is 5.78 Å². The third-order valence-electron chi connectivity index (χ3n) is 2.34. The molecule has 0 radical (unpaired) electrons. The summed E-state index contributed by atoms with van der Waals surface area (Å²) >= 11 is 1.61. The summed E-state index contributed by atoms with van der Waals surface area (Å²) in [5.74, 6) is 0.543. The summed E-state index contributed by atoms with van der Waals surface area (Å²) in [6.07, 6.45) is 1.90. The number of hydrogen-bond acceptors (Lipinski definition) is 2. The third-order valence-corrected chi connectivity index (χ3v) is 3.35. The van der Waals surface area contributed by atoms with Crippen LogP contribution >= 0.6 is 11.3 Å². The molecule has 1 heterocycles. The first kappa shape index (κ1) is 10.5. The molecule has 1 rings (SSSR count). The van der Waals surface area contributed by atoms with E-state index >= 15 is 0 Å². The van der Waals surface area contributed by atoms with Gasteiger partial charge in [0.2, 0.25) is 0 Å². The van der Waals surface area contributed by atoms with Crippen LogP contribution in [0.2, 0.25) is 0 Å². The average molecular weight is 196 g/mol. The van der Waals surface area contributed by atoms with Crippen LogP contribution in [0.4, 0.5) is 0 Å². The van der Waals surface area contributed by atoms with E-state index in [4.69, 9.17) is 0 Å². The molecular formula is C11H16OS. The van der Waals surface area contributed by atoms with Gasteiger partial charge in [0.05, 0.1) is 4.88 Å². The van der Waals surface area contributed by atoms with Crippen molar-refractivity contribution in [3.63, 3.8) is 0 Å². The van der Waals surface area contributed by atoms with Crippen molar-refractivity contribution >= 4 is 17.1 Å². The zero-order valence-corrected chi connectivity index (χ0v) is 9.28. The van der Waals surface area contributed by atoms with Crippen LogP contribution in [0.3, 0.4) is 0 Å². The molecule has 0 bridgehead atoms. The molecule has 13 heavy (non-hydrogen) atoms. The number of thiophene rings is 1. The van der Waals surface area contributed by atoms with Crippen molar-refractivity contribution in [3.05, 3.63) is 21.9 Å². The topological polar surface area (TPSA) is 17.1 Å². The van der Waals surface area contributed by atoms with Crippen molar-refractivity contribution < 1.29 is 4.79 Å². The van der Waals surface area contributed by atoms with Gasteiger partial charge in [-0.3, -0.25) is 4.79 Å². The molecule has 0 unspecified atom stereocenters. The minimum atomic E-state index is 0.220. The Labute approximate surface area is 83.8 Å². The lowest BCUT2D eigenvalue weighted by molar-refractivity contribution is 0.0917. The van der Waals surface area contributed by atoms with Gasteiger partial charge in [0.1, 0.15) is 0 Å². The van der Waals surface area contributed by atoms with Gasteiger partial charge in [-0.25, -0.2) is 0 Å². The van der Waals surface area contributed by atoms with E-state index in [2.05, 4.69) is 13.8 Å². The molecule has 1 nitrogen and oxygen atoms in total. The van der Waals surface area contributed by atoms with Gasteiger partial charge in [0, 0.05) is 10.8 Å². The maximum absolute atomic E-state index is 11.8. The van der Waals surface area contributed by atoms with E-state index in [0.29, 0.717) is 5.78 Å². The van der Waals surface area contributed by atoms with E-state index in [-0.39, 0.29) is 5.92 Å². The number of hydrogen-bond donors (Lipinski definition) is 0. The Morgan fingerprint density at radius 2 is 2.00 bits per heavy atom. The quantitative estimate of drug-likeness (QED) is 0.671. The lowest BCUT2D eigenvalue weighted by Gasteiger charge is -2.08. The first-order chi connectivity index (χ1) is 6.19. The number of carbonyl (C=O) groups is 1. The Morgan fingerprint density at radius 3 is 2.38 bits per heavy atom. The molecule has 2 heteroatoms. The van der Waals surface area contributed by atoms with Gasteiger partial charge in [-0.05, 0) is 31.9 Å². The summed E-state index contributed by atoms with van der Waals surface area (Å²) in [4.78, 5) is 14.0. The highest BCUT2D eigenvalue weighted by Gasteiger charge is 2.17. The van der Waals surface area contributed by atoms with E-state index in [9.17, 15) is 4.79 Å². The second-order valence-corrected chi connectivity index (χ2v) is 4.58. The van der Waals surface area contributed by atoms with Crippen molar-refractivity contribution in [2.24, 2.45) is 5.92 Å². The summed E-state index contributed by atoms with van der Waals surface area (Å²) in [7, 11) is 0. The fraction of sp³-hybridized carbons (Fsp3) is 0.545. The molecular weight excluding hydrogens is 180 g/mol. The summed E-state index contributed by atoms with van der Waals surface area (Å²) < 4.78 is 0. The average Bonchev–Trinajstić information content (AvgIpc) is 2.54. The molecule has 0 fully saturated rings. The van der Waals surface area contributed by atoms with Crippen molar-refractivity contribution in [1.82, 2.24) is 0 Å². The monoisotopic (exact) mass is 196 g/mol. The second-order valence-electron chi connectivity index (χ2n) is 3.29. The molecule has 0 aromatic carbocycles. The Hall–Kier alpha value is -0.630. The van der Waals surface area contributed by atoms with Gasteiger partial charge in [0.25, 0.3) is 0 Å². The molecule has 1 aromatic heterocycles. The number of carbonyl (C=O) groups excluding carboxylic acids is 1. The fourth-order valence-corrected chi connectivity index (χ4v) is 2.31. The van der Waals surface area contributed by atoms with Crippen LogP contribution in [0.15, 0.2) is 12.1 Å². The molecule has 0 atom stereocenters. The van der Waals surface area contributed by atoms with Crippen LogP contribution in [-0.2, 0) is 0 Å². The lowest BCUT2D eigenvalue weighted by atomic mass is 9.97. The molecule has 0 aliphatic rings. The smallest absolute Gasteiger partial charge is 0.175 e. The van der Waals surface area contributed by atoms with E-state index in [1.54, 1.807) is 11.3 Å². The van der Waals surface area contributed by atoms with Crippen LogP contribution in [0.1, 0.15) is 41.2 Å². The zero-order valence-electron chi connectivity index (χ0n) is 8.46. The summed E-state index contributed by atoms with van der Waals surface area (Å²) in [6, 6.07) is 3.96. The predicted molar refractivity (Wildman–Crippen MR) is 57.5 cm³/mol. The van der Waals surface area contributed by atoms with Crippen LogP contribution in [-0.4, -0.2) is 5.78 Å². The molecule has 0 N–H and O–H groups in total. The molecule has 0 aliphatic carbocycles. The van der Waals surface area contributed by atoms with E-state index in [1.807, 2.05) is 19.1 Å². The largest absolute Gasteiger partial charge is 0.293 e. The standard InChI is InChI=1S/C11H16OS/c1-4-9(5-2)11(12)10-7-6-8(3)13-10/h6-7,9H,4-5H2,1-3H3. The highest BCUT2D eigenvalue weighted by atomic mass is 32.1. The summed E-state index contributed by atoms with van der Waals surface area (Å²) in [5.41, 5.74) is 0. The molecule has 0 saturated carbocycles. The highest BCUT2D eigenvalue weighted by molar-refractivity contribution is 7.14. The van der Waals surface area contributed by atoms with Crippen LogP contribution in [0, 0.1) is 12.8 Å². The van der Waals surface area contributed by atoms with E-state index < -0.39 is 0 Å². The minimum Gasteiger partial charge on any atom is -0.293 e. The zero-order chi connectivity index (χ0) is 9.84. The van der Waals surface area contributed by atoms with Gasteiger partial charge >= 0.3 is 0 Å². The van der Waals surface area contributed by atoms with Crippen LogP contribution in [0.25, 0.3) is 0 Å². The summed E-state index contributed by atoms with van der Waals surface area (Å²) in [6.45, 7) is 6.19. The normalized spacial score (nSPS) is 10.8. The van der Waals surface area contributed by atoms with Gasteiger partial charge in [-0.15, -0.1) is 11.3 Å². The Morgan fingerprint density at radius 1 is 1.38 bits per heavy atom. The van der Waals surface area contributed by atoms with Gasteiger partial charge in [-0.2, -0.15) is 0 Å². The van der Waals surface area contributed by atoms with Crippen molar-refractivity contribution in [3.8, 4) is 0 Å². The van der Waals surface area contributed by atoms with Crippen molar-refractivity contribution in [2.75, 3.05) is 0 Å². The molecule has 0 amide bonds. The van der Waals surface area contributed by atoms with Crippen molar-refractivity contribution in [1.29, 1.82) is 0 Å². The SMILES string of the molecule is CCC(CC)C(=O)c1ccc(C)s1. The maximum Gasteiger partial charge on any atom is 0.175 e. The first-order valence-corrected chi connectivity index (χ1v) is 5.61. The second kappa shape index (κ2) is 4.56. The first-order valence-electron chi connectivity index (χ1n) is 4.79. The maximum atomic E-state index is 11.8. The Bertz CT molecular complexity index is 284. The number of aryl methyl sites for hydroxylation is 1. The molecule has 72 valence electrons. The number of Topliss-reactive ketones (excluding diaryl/α,β-unsaturated/α-hetero) is 1. The van der Waals surface area contributed by atoms with Crippen LogP contribution in [0.5, 0.6) is 0 Å². The summed E-state index contributed by atoms with van der Waals surface area (Å²) in [5, 5.41) is 0. The molecule has 0 aliphatic heterocycles. The molecule has 0 saturated heterocycles. The van der Waals surface area contributed by atoms with Crippen LogP contribution < -0.4 is 0 Å². The third kappa shape index (κ3) is 2.41.